The third-order valence-electron chi connectivity index (χ3n) is 4.02. The first-order chi connectivity index (χ1) is 13.3. The minimum Gasteiger partial charge on any atom is -0.324 e. The van der Waals surface area contributed by atoms with Crippen LogP contribution < -0.4 is 10.9 Å². The SMILES string of the molecule is Cc1cc(C)cc(NC(=O)Cn2nc(-c3cccc([N+](=O)[O-])c3)ccc2=O)c1. The van der Waals surface area contributed by atoms with Crippen molar-refractivity contribution in [3.63, 3.8) is 0 Å². The molecule has 8 heteroatoms. The van der Waals surface area contributed by atoms with Crippen molar-refractivity contribution in [1.29, 1.82) is 0 Å². The first-order valence-electron chi connectivity index (χ1n) is 8.53. The first kappa shape index (κ1) is 19.0. The van der Waals surface area contributed by atoms with Gasteiger partial charge in [0.15, 0.2) is 0 Å². The summed E-state index contributed by atoms with van der Waals surface area (Å²) in [6, 6.07) is 14.3. The maximum atomic E-state index is 12.3. The van der Waals surface area contributed by atoms with Gasteiger partial charge in [0.05, 0.1) is 10.6 Å². The highest BCUT2D eigenvalue weighted by atomic mass is 16.6. The number of aryl methyl sites for hydroxylation is 2. The number of benzene rings is 2. The van der Waals surface area contributed by atoms with Gasteiger partial charge < -0.3 is 5.32 Å². The lowest BCUT2D eigenvalue weighted by atomic mass is 10.1. The number of nitrogens with zero attached hydrogens (tertiary/aromatic N) is 3. The highest BCUT2D eigenvalue weighted by Crippen LogP contribution is 2.21. The average Bonchev–Trinajstić information content (AvgIpc) is 2.62. The van der Waals surface area contributed by atoms with E-state index in [-0.39, 0.29) is 12.2 Å². The van der Waals surface area contributed by atoms with Crippen LogP contribution in [0.5, 0.6) is 0 Å². The van der Waals surface area contributed by atoms with Gasteiger partial charge in [-0.1, -0.05) is 18.2 Å². The quantitative estimate of drug-likeness (QED) is 0.542. The second kappa shape index (κ2) is 7.83. The van der Waals surface area contributed by atoms with Crippen LogP contribution in [0.1, 0.15) is 11.1 Å². The molecule has 0 aliphatic rings. The molecule has 3 aromatic rings. The summed E-state index contributed by atoms with van der Waals surface area (Å²) in [4.78, 5) is 34.9. The summed E-state index contributed by atoms with van der Waals surface area (Å²) >= 11 is 0. The van der Waals surface area contributed by atoms with E-state index < -0.39 is 16.4 Å². The summed E-state index contributed by atoms with van der Waals surface area (Å²) in [5, 5.41) is 17.9. The van der Waals surface area contributed by atoms with E-state index in [1.165, 1.54) is 30.3 Å². The number of nitrogens with one attached hydrogen (secondary N) is 1. The molecule has 0 aliphatic carbocycles. The Balaban J connectivity index is 1.83. The Hall–Kier alpha value is -3.81. The van der Waals surface area contributed by atoms with E-state index >= 15 is 0 Å². The van der Waals surface area contributed by atoms with Crippen LogP contribution in [-0.2, 0) is 11.3 Å². The fourth-order valence-electron chi connectivity index (χ4n) is 2.88. The number of nitro groups is 1. The van der Waals surface area contributed by atoms with Gasteiger partial charge in [0, 0.05) is 29.4 Å². The van der Waals surface area contributed by atoms with E-state index in [2.05, 4.69) is 10.4 Å². The zero-order chi connectivity index (χ0) is 20.3. The van der Waals surface area contributed by atoms with Crippen molar-refractivity contribution < 1.29 is 9.72 Å². The van der Waals surface area contributed by atoms with Gasteiger partial charge >= 0.3 is 0 Å². The van der Waals surface area contributed by atoms with E-state index in [1.54, 1.807) is 6.07 Å². The fraction of sp³-hybridized carbons (Fsp3) is 0.150. The topological polar surface area (TPSA) is 107 Å². The van der Waals surface area contributed by atoms with Crippen LogP contribution >= 0.6 is 0 Å². The molecular formula is C20H18N4O4. The number of carbonyl (C=O) groups excluding carboxylic acids is 1. The van der Waals surface area contributed by atoms with E-state index in [0.717, 1.165) is 15.8 Å². The van der Waals surface area contributed by atoms with Crippen molar-refractivity contribution in [2.45, 2.75) is 20.4 Å². The zero-order valence-corrected chi connectivity index (χ0v) is 15.4. The Kier molecular flexibility index (Phi) is 5.30. The summed E-state index contributed by atoms with van der Waals surface area (Å²) in [6.45, 7) is 3.59. The summed E-state index contributed by atoms with van der Waals surface area (Å²) in [7, 11) is 0. The molecule has 142 valence electrons. The van der Waals surface area contributed by atoms with Gasteiger partial charge in [-0.3, -0.25) is 19.7 Å². The Labute approximate surface area is 160 Å². The number of carbonyl (C=O) groups is 1. The molecule has 2 aromatic carbocycles. The lowest BCUT2D eigenvalue weighted by Gasteiger charge is -2.09. The highest BCUT2D eigenvalue weighted by Gasteiger charge is 2.11. The van der Waals surface area contributed by atoms with E-state index in [0.29, 0.717) is 16.9 Å². The van der Waals surface area contributed by atoms with Gasteiger partial charge in [-0.25, -0.2) is 4.68 Å². The molecule has 28 heavy (non-hydrogen) atoms. The predicted octanol–water partition coefficient (Wildman–Crippen LogP) is 3.07. The molecule has 1 aromatic heterocycles. The maximum absolute atomic E-state index is 12.3. The average molecular weight is 378 g/mol. The van der Waals surface area contributed by atoms with Crippen LogP contribution in [-0.4, -0.2) is 20.6 Å². The second-order valence-electron chi connectivity index (χ2n) is 6.45. The van der Waals surface area contributed by atoms with Gasteiger partial charge in [0.1, 0.15) is 6.54 Å². The molecule has 0 aliphatic heterocycles. The summed E-state index contributed by atoms with van der Waals surface area (Å²) in [6.07, 6.45) is 0. The van der Waals surface area contributed by atoms with Crippen LogP contribution in [0.2, 0.25) is 0 Å². The summed E-state index contributed by atoms with van der Waals surface area (Å²) < 4.78 is 1.03. The Morgan fingerprint density at radius 1 is 1.11 bits per heavy atom. The number of aromatic nitrogens is 2. The van der Waals surface area contributed by atoms with E-state index in [9.17, 15) is 19.7 Å². The minimum atomic E-state index is -0.503. The molecule has 0 saturated carbocycles. The molecule has 0 spiro atoms. The van der Waals surface area contributed by atoms with E-state index in [1.807, 2.05) is 32.0 Å². The summed E-state index contributed by atoms with van der Waals surface area (Å²) in [5.74, 6) is -0.393. The smallest absolute Gasteiger partial charge is 0.270 e. The normalized spacial score (nSPS) is 10.5. The molecule has 1 amide bonds. The lowest BCUT2D eigenvalue weighted by molar-refractivity contribution is -0.384. The molecular weight excluding hydrogens is 360 g/mol. The molecule has 0 radical (unpaired) electrons. The van der Waals surface area contributed by atoms with Crippen LogP contribution in [0.4, 0.5) is 11.4 Å². The third kappa shape index (κ3) is 4.47. The molecule has 0 bridgehead atoms. The van der Waals surface area contributed by atoms with E-state index in [4.69, 9.17) is 0 Å². The number of non-ortho nitro benzene ring substituents is 1. The molecule has 0 unspecified atom stereocenters. The first-order valence-corrected chi connectivity index (χ1v) is 8.53. The second-order valence-corrected chi connectivity index (χ2v) is 6.45. The molecule has 3 rings (SSSR count). The van der Waals surface area contributed by atoms with Crippen molar-refractivity contribution >= 4 is 17.3 Å². The van der Waals surface area contributed by atoms with Crippen molar-refractivity contribution in [2.75, 3.05) is 5.32 Å². The van der Waals surface area contributed by atoms with Gasteiger partial charge in [0.25, 0.3) is 11.2 Å². The largest absolute Gasteiger partial charge is 0.324 e. The molecule has 1 N–H and O–H groups in total. The number of amides is 1. The fourth-order valence-corrected chi connectivity index (χ4v) is 2.88. The monoisotopic (exact) mass is 378 g/mol. The van der Waals surface area contributed by atoms with Crippen molar-refractivity contribution in [3.8, 4) is 11.3 Å². The Morgan fingerprint density at radius 3 is 2.50 bits per heavy atom. The van der Waals surface area contributed by atoms with Crippen LogP contribution in [0.25, 0.3) is 11.3 Å². The molecule has 1 heterocycles. The zero-order valence-electron chi connectivity index (χ0n) is 15.4. The standard InChI is InChI=1S/C20H18N4O4/c1-13-8-14(2)10-16(9-13)21-19(25)12-23-20(26)7-6-18(22-23)15-4-3-5-17(11-15)24(27)28/h3-11H,12H2,1-2H3,(H,21,25). The number of hydrogen-bond acceptors (Lipinski definition) is 5. The van der Waals surface area contributed by atoms with Crippen LogP contribution in [0.15, 0.2) is 59.4 Å². The van der Waals surface area contributed by atoms with Crippen LogP contribution in [0.3, 0.4) is 0 Å². The predicted molar refractivity (Wildman–Crippen MR) is 105 cm³/mol. The summed E-state index contributed by atoms with van der Waals surface area (Å²) in [5.41, 5.74) is 3.00. The van der Waals surface area contributed by atoms with Gasteiger partial charge in [-0.2, -0.15) is 5.10 Å². The minimum absolute atomic E-state index is 0.0791. The number of rotatable bonds is 5. The van der Waals surface area contributed by atoms with Gasteiger partial charge in [-0.15, -0.1) is 0 Å². The van der Waals surface area contributed by atoms with Crippen LogP contribution in [0, 0.1) is 24.0 Å². The molecule has 0 atom stereocenters. The van der Waals surface area contributed by atoms with Gasteiger partial charge in [0.2, 0.25) is 5.91 Å². The number of nitro benzene ring substituents is 1. The maximum Gasteiger partial charge on any atom is 0.270 e. The number of anilines is 1. The third-order valence-corrected chi connectivity index (χ3v) is 4.02. The van der Waals surface area contributed by atoms with Crippen molar-refractivity contribution in [3.05, 3.63) is 86.2 Å². The molecule has 0 fully saturated rings. The Bertz CT molecular complexity index is 1100. The molecule has 8 nitrogen and oxygen atoms in total. The lowest BCUT2D eigenvalue weighted by Crippen LogP contribution is -2.29. The number of hydrogen-bond donors (Lipinski definition) is 1. The van der Waals surface area contributed by atoms with Crippen molar-refractivity contribution in [1.82, 2.24) is 9.78 Å². The highest BCUT2D eigenvalue weighted by molar-refractivity contribution is 5.90. The Morgan fingerprint density at radius 2 is 1.82 bits per heavy atom. The van der Waals surface area contributed by atoms with Crippen molar-refractivity contribution in [2.24, 2.45) is 0 Å². The molecule has 0 saturated heterocycles. The van der Waals surface area contributed by atoms with Gasteiger partial charge in [-0.05, 0) is 43.2 Å².